The summed E-state index contributed by atoms with van der Waals surface area (Å²) in [6.45, 7) is -0.736. The van der Waals surface area contributed by atoms with Gasteiger partial charge in [-0.3, -0.25) is 9.59 Å². The number of carboxylic acids is 1. The van der Waals surface area contributed by atoms with E-state index in [2.05, 4.69) is 10.6 Å². The predicted octanol–water partition coefficient (Wildman–Crippen LogP) is -8.08. The minimum atomic E-state index is -2.86. The van der Waals surface area contributed by atoms with Gasteiger partial charge in [-0.1, -0.05) is 0 Å². The minimum Gasteiger partial charge on any atom is -0.477 e. The Hall–Kier alpha value is -2.19. The highest BCUT2D eigenvalue weighted by Crippen LogP contribution is 2.35. The molecule has 21 heteroatoms. The number of hydrogen-bond acceptors (Lipinski definition) is 18. The molecule has 266 valence electrons. The molecule has 3 heterocycles. The molecule has 13 N–H and O–H groups in total. The zero-order chi connectivity index (χ0) is 34.7. The average Bonchev–Trinajstić information content (AvgIpc) is 2.99. The number of rotatable bonds is 12. The number of nitrogens with one attached hydrogen (secondary N) is 2. The third-order valence-corrected chi connectivity index (χ3v) is 7.87. The number of carbonyl (C=O) groups is 3. The highest BCUT2D eigenvalue weighted by Gasteiger charge is 2.57. The number of aliphatic carboxylic acids is 1. The van der Waals surface area contributed by atoms with Gasteiger partial charge in [0.15, 0.2) is 12.6 Å². The first-order chi connectivity index (χ1) is 21.5. The van der Waals surface area contributed by atoms with Crippen molar-refractivity contribution in [3.63, 3.8) is 0 Å². The zero-order valence-corrected chi connectivity index (χ0v) is 24.7. The second-order valence-corrected chi connectivity index (χ2v) is 11.3. The Labute approximate surface area is 260 Å². The molecule has 0 aromatic carbocycles. The van der Waals surface area contributed by atoms with E-state index in [9.17, 15) is 70.6 Å². The lowest BCUT2D eigenvalue weighted by Gasteiger charge is -2.48. The molecule has 46 heavy (non-hydrogen) atoms. The molecule has 0 bridgehead atoms. The molecule has 0 unspecified atom stereocenters. The summed E-state index contributed by atoms with van der Waals surface area (Å²) in [4.78, 5) is 36.0. The molecule has 0 spiro atoms. The van der Waals surface area contributed by atoms with Crippen LogP contribution in [0.2, 0.25) is 0 Å². The van der Waals surface area contributed by atoms with E-state index in [1.165, 1.54) is 0 Å². The molecule has 0 saturated carbocycles. The van der Waals surface area contributed by atoms with E-state index in [4.69, 9.17) is 23.7 Å². The topological polar surface area (TPSA) is 344 Å². The normalized spacial score (nSPS) is 42.9. The van der Waals surface area contributed by atoms with Gasteiger partial charge >= 0.3 is 5.97 Å². The Morgan fingerprint density at radius 1 is 0.870 bits per heavy atom. The third-order valence-electron chi connectivity index (χ3n) is 7.87. The van der Waals surface area contributed by atoms with Crippen LogP contribution in [0.4, 0.5) is 0 Å². The first kappa shape index (κ1) is 38.3. The van der Waals surface area contributed by atoms with Crippen LogP contribution >= 0.6 is 0 Å². The fourth-order valence-corrected chi connectivity index (χ4v) is 5.46. The van der Waals surface area contributed by atoms with Crippen molar-refractivity contribution in [2.75, 3.05) is 19.8 Å². The van der Waals surface area contributed by atoms with E-state index in [0.717, 1.165) is 13.8 Å². The summed E-state index contributed by atoms with van der Waals surface area (Å²) in [6, 6.07) is -3.08. The maximum Gasteiger partial charge on any atom is 0.364 e. The van der Waals surface area contributed by atoms with Gasteiger partial charge in [0.1, 0.15) is 67.1 Å². The summed E-state index contributed by atoms with van der Waals surface area (Å²) >= 11 is 0. The van der Waals surface area contributed by atoms with Gasteiger partial charge < -0.3 is 90.5 Å². The largest absolute Gasteiger partial charge is 0.477 e. The second-order valence-electron chi connectivity index (χ2n) is 11.3. The van der Waals surface area contributed by atoms with Gasteiger partial charge in [-0.05, 0) is 0 Å². The van der Waals surface area contributed by atoms with Crippen molar-refractivity contribution < 1.29 is 94.2 Å². The fourth-order valence-electron chi connectivity index (χ4n) is 5.46. The van der Waals surface area contributed by atoms with Gasteiger partial charge in [0.2, 0.25) is 11.8 Å². The van der Waals surface area contributed by atoms with Gasteiger partial charge in [-0.25, -0.2) is 4.79 Å². The number of ether oxygens (including phenoxy) is 5. The number of amides is 2. The van der Waals surface area contributed by atoms with Crippen molar-refractivity contribution in [2.45, 2.75) is 118 Å². The minimum absolute atomic E-state index is 0.729. The summed E-state index contributed by atoms with van der Waals surface area (Å²) in [5.74, 6) is -6.21. The average molecular weight is 675 g/mol. The molecule has 0 radical (unpaired) electrons. The number of hydrogen-bond donors (Lipinski definition) is 13. The Bertz CT molecular complexity index is 1050. The van der Waals surface area contributed by atoms with Crippen molar-refractivity contribution in [3.05, 3.63) is 0 Å². The van der Waals surface area contributed by atoms with E-state index in [1.807, 2.05) is 0 Å². The van der Waals surface area contributed by atoms with E-state index < -0.39 is 142 Å². The molecule has 0 aromatic rings. The highest BCUT2D eigenvalue weighted by molar-refractivity contribution is 5.76. The molecule has 3 saturated heterocycles. The molecule has 3 aliphatic heterocycles. The van der Waals surface area contributed by atoms with Crippen LogP contribution in [0.1, 0.15) is 20.3 Å². The first-order valence-electron chi connectivity index (χ1n) is 14.2. The van der Waals surface area contributed by atoms with Gasteiger partial charge in [-0.2, -0.15) is 0 Å². The van der Waals surface area contributed by atoms with Crippen LogP contribution in [0, 0.1) is 0 Å². The number of carbonyl (C=O) groups excluding carboxylic acids is 2. The molecule has 3 fully saturated rings. The quantitative estimate of drug-likeness (QED) is 0.0913. The Morgan fingerprint density at radius 2 is 1.48 bits per heavy atom. The summed E-state index contributed by atoms with van der Waals surface area (Å²) in [5, 5.41) is 117. The van der Waals surface area contributed by atoms with Crippen LogP contribution in [-0.2, 0) is 38.1 Å². The van der Waals surface area contributed by atoms with Crippen LogP contribution in [-0.4, -0.2) is 191 Å². The lowest BCUT2D eigenvalue weighted by atomic mass is 9.88. The SMILES string of the molecule is CC(=O)N[C@H]1[C@H]([C@H](O)[C@H](O)CO)O[C@@](OC[C@@H]2O[C@@H](O)[C@@H](NC(C)=O)[C@@H](O)[C@@H]2O[C@@H]2O[C@@H](CO)[C@H](O)[C@H](O)[C@@H]2O)(C(=O)O)C[C@H]1O. The predicted molar refractivity (Wildman–Crippen MR) is 142 cm³/mol. The number of aliphatic hydroxyl groups is 10. The van der Waals surface area contributed by atoms with Crippen LogP contribution in [0.15, 0.2) is 0 Å². The van der Waals surface area contributed by atoms with E-state index >= 15 is 0 Å². The summed E-state index contributed by atoms with van der Waals surface area (Å²) in [7, 11) is 0. The van der Waals surface area contributed by atoms with E-state index in [1.54, 1.807) is 0 Å². The first-order valence-corrected chi connectivity index (χ1v) is 14.2. The molecular formula is C25H42N2O19. The third kappa shape index (κ3) is 8.26. The fraction of sp³-hybridized carbons (Fsp3) is 0.880. The lowest BCUT2D eigenvalue weighted by molar-refractivity contribution is -0.357. The summed E-state index contributed by atoms with van der Waals surface area (Å²) in [6.07, 6.45) is -25.0. The molecule has 0 aliphatic carbocycles. The second kappa shape index (κ2) is 15.8. The van der Waals surface area contributed by atoms with Crippen LogP contribution < -0.4 is 10.6 Å². The maximum atomic E-state index is 12.5. The van der Waals surface area contributed by atoms with Crippen molar-refractivity contribution in [3.8, 4) is 0 Å². The van der Waals surface area contributed by atoms with Crippen LogP contribution in [0.3, 0.4) is 0 Å². The van der Waals surface area contributed by atoms with Gasteiger partial charge in [0.05, 0.1) is 32.0 Å². The molecule has 21 nitrogen and oxygen atoms in total. The zero-order valence-electron chi connectivity index (χ0n) is 24.7. The smallest absolute Gasteiger partial charge is 0.364 e. The molecule has 3 aliphatic rings. The van der Waals surface area contributed by atoms with Gasteiger partial charge in [0, 0.05) is 20.3 Å². The highest BCUT2D eigenvalue weighted by atomic mass is 16.7. The number of aliphatic hydroxyl groups excluding tert-OH is 10. The molecule has 3 rings (SSSR count). The maximum absolute atomic E-state index is 12.5. The Morgan fingerprint density at radius 3 is 2.02 bits per heavy atom. The molecule has 16 atom stereocenters. The molecule has 0 aromatic heterocycles. The van der Waals surface area contributed by atoms with Gasteiger partial charge in [-0.15, -0.1) is 0 Å². The van der Waals surface area contributed by atoms with Crippen molar-refractivity contribution in [1.82, 2.24) is 10.6 Å². The van der Waals surface area contributed by atoms with Gasteiger partial charge in [0.25, 0.3) is 5.79 Å². The van der Waals surface area contributed by atoms with Crippen LogP contribution in [0.25, 0.3) is 0 Å². The lowest BCUT2D eigenvalue weighted by Crippen LogP contribution is -2.69. The van der Waals surface area contributed by atoms with E-state index in [-0.39, 0.29) is 0 Å². The van der Waals surface area contributed by atoms with Crippen molar-refractivity contribution in [1.29, 1.82) is 0 Å². The molecule has 2 amide bonds. The van der Waals surface area contributed by atoms with Crippen molar-refractivity contribution in [2.24, 2.45) is 0 Å². The molecular weight excluding hydrogens is 632 g/mol. The summed E-state index contributed by atoms with van der Waals surface area (Å²) in [5.41, 5.74) is 0. The standard InChI is InChI=1S/C25H42N2O19/c1-7(30)26-13-9(32)3-25(24(40)41,46-21(13)15(34)10(33)4-28)42-6-12-20(17(36)14(22(39)43-12)27-8(2)31)45-23-19(38)18(37)16(35)11(5-29)44-23/h9-23,28-29,32-39H,3-6H2,1-2H3,(H,26,30)(H,27,31)(H,40,41)/t9-,10-,11+,12+,13-,14+,15-,16+,17-,18+,19+,20-,21-,22-,23+,25-/m1/s1. The Kier molecular flexibility index (Phi) is 13.1. The number of carboxylic acid groups (broad SMARTS) is 1. The van der Waals surface area contributed by atoms with Crippen molar-refractivity contribution >= 4 is 17.8 Å². The monoisotopic (exact) mass is 674 g/mol. The van der Waals surface area contributed by atoms with Crippen LogP contribution in [0.5, 0.6) is 0 Å². The Balaban J connectivity index is 1.93. The summed E-state index contributed by atoms with van der Waals surface area (Å²) < 4.78 is 27.5. The van der Waals surface area contributed by atoms with E-state index in [0.29, 0.717) is 0 Å².